The number of phenols is 1. The van der Waals surface area contributed by atoms with Gasteiger partial charge in [-0.2, -0.15) is 0 Å². The number of ketones is 1. The molecule has 2 atom stereocenters. The van der Waals surface area contributed by atoms with Gasteiger partial charge in [-0.05, 0) is 48.4 Å². The molecule has 178 valence electrons. The first-order chi connectivity index (χ1) is 16.4. The molecule has 0 aromatic heterocycles. The van der Waals surface area contributed by atoms with Crippen molar-refractivity contribution in [2.75, 3.05) is 39.4 Å². The highest BCUT2D eigenvalue weighted by Crippen LogP contribution is 2.41. The summed E-state index contributed by atoms with van der Waals surface area (Å²) in [5, 5.41) is 21.4. The van der Waals surface area contributed by atoms with Gasteiger partial charge in [-0.15, -0.1) is 0 Å². The second-order valence-electron chi connectivity index (χ2n) is 9.00. The summed E-state index contributed by atoms with van der Waals surface area (Å²) >= 11 is 0. The van der Waals surface area contributed by atoms with Crippen LogP contribution in [0, 0.1) is 0 Å². The van der Waals surface area contributed by atoms with Crippen LogP contribution in [0.2, 0.25) is 0 Å². The third-order valence-corrected chi connectivity index (χ3v) is 6.66. The molecule has 8 nitrogen and oxygen atoms in total. The maximum atomic E-state index is 13.2. The monoisotopic (exact) mass is 464 g/mol. The van der Waals surface area contributed by atoms with E-state index in [4.69, 9.17) is 9.47 Å². The van der Waals surface area contributed by atoms with Crippen LogP contribution in [-0.2, 0) is 20.7 Å². The van der Waals surface area contributed by atoms with E-state index in [1.807, 2.05) is 13.0 Å². The van der Waals surface area contributed by atoms with Crippen LogP contribution < -0.4 is 4.74 Å². The van der Waals surface area contributed by atoms with Crippen molar-refractivity contribution in [2.45, 2.75) is 25.5 Å². The van der Waals surface area contributed by atoms with E-state index >= 15 is 0 Å². The molecule has 5 rings (SSSR count). The number of fused-ring (bicyclic) bond motifs is 1. The number of carbonyl (C=O) groups excluding carboxylic acids is 2. The Hall–Kier alpha value is -3.36. The van der Waals surface area contributed by atoms with E-state index in [-0.39, 0.29) is 23.2 Å². The summed E-state index contributed by atoms with van der Waals surface area (Å²) < 4.78 is 11.1. The number of Topliss-reactive ketones (excluding diaryl/α,β-unsaturated/α-hetero) is 1. The van der Waals surface area contributed by atoms with Gasteiger partial charge in [-0.25, -0.2) is 0 Å². The minimum absolute atomic E-state index is 0.0277. The number of aromatic hydroxyl groups is 1. The van der Waals surface area contributed by atoms with Gasteiger partial charge >= 0.3 is 0 Å². The number of likely N-dealkylation sites (tertiary alicyclic amines) is 1. The molecule has 3 aliphatic rings. The van der Waals surface area contributed by atoms with Crippen LogP contribution in [0.15, 0.2) is 48.0 Å². The average Bonchev–Trinajstić information content (AvgIpc) is 3.33. The van der Waals surface area contributed by atoms with E-state index in [1.165, 1.54) is 17.0 Å². The Balaban J connectivity index is 1.53. The molecule has 34 heavy (non-hydrogen) atoms. The number of hydrogen-bond acceptors (Lipinski definition) is 7. The summed E-state index contributed by atoms with van der Waals surface area (Å²) in [6, 6.07) is 11.0. The normalized spacial score (nSPS) is 24.3. The Morgan fingerprint density at radius 1 is 1.09 bits per heavy atom. The Bertz CT molecular complexity index is 1150. The number of aliphatic hydroxyl groups is 1. The number of hydrogen-bond donors (Lipinski definition) is 2. The van der Waals surface area contributed by atoms with E-state index in [2.05, 4.69) is 4.90 Å². The number of ether oxygens (including phenoxy) is 2. The lowest BCUT2D eigenvalue weighted by Gasteiger charge is -2.31. The highest BCUT2D eigenvalue weighted by atomic mass is 16.5. The number of morpholine rings is 1. The van der Waals surface area contributed by atoms with Crippen LogP contribution in [0.1, 0.15) is 29.7 Å². The van der Waals surface area contributed by atoms with Crippen molar-refractivity contribution >= 4 is 17.4 Å². The third kappa shape index (κ3) is 4.15. The summed E-state index contributed by atoms with van der Waals surface area (Å²) in [7, 11) is 0. The van der Waals surface area contributed by atoms with E-state index in [0.717, 1.165) is 24.4 Å². The zero-order chi connectivity index (χ0) is 23.8. The third-order valence-electron chi connectivity index (χ3n) is 6.66. The Morgan fingerprint density at radius 2 is 1.88 bits per heavy atom. The molecule has 2 fully saturated rings. The van der Waals surface area contributed by atoms with Gasteiger partial charge < -0.3 is 24.6 Å². The van der Waals surface area contributed by atoms with Crippen LogP contribution in [-0.4, -0.2) is 77.2 Å². The zero-order valence-electron chi connectivity index (χ0n) is 19.1. The van der Waals surface area contributed by atoms with Crippen molar-refractivity contribution in [3.63, 3.8) is 0 Å². The molecule has 0 bridgehead atoms. The largest absolute Gasteiger partial charge is 0.508 e. The van der Waals surface area contributed by atoms with Crippen molar-refractivity contribution in [3.05, 3.63) is 64.7 Å². The molecule has 2 aromatic carbocycles. The maximum Gasteiger partial charge on any atom is 0.295 e. The maximum absolute atomic E-state index is 13.2. The first-order valence-corrected chi connectivity index (χ1v) is 11.6. The molecule has 0 unspecified atom stereocenters. The number of benzene rings is 2. The highest BCUT2D eigenvalue weighted by Gasteiger charge is 2.46. The SMILES string of the molecule is C[C@@H]1Cc2cc(/C(O)=C3\C(=O)C(=O)N(CCN4CCOCC4)[C@H]3c3cccc(O)c3)ccc2O1. The van der Waals surface area contributed by atoms with Crippen LogP contribution in [0.5, 0.6) is 11.5 Å². The molecular formula is C26H28N2O6. The summed E-state index contributed by atoms with van der Waals surface area (Å²) in [4.78, 5) is 30.0. The van der Waals surface area contributed by atoms with Crippen LogP contribution in [0.4, 0.5) is 0 Å². The first kappa shape index (κ1) is 22.4. The lowest BCUT2D eigenvalue weighted by atomic mass is 9.94. The van der Waals surface area contributed by atoms with E-state index < -0.39 is 17.7 Å². The van der Waals surface area contributed by atoms with Gasteiger partial charge in [0.25, 0.3) is 11.7 Å². The average molecular weight is 465 g/mol. The van der Waals surface area contributed by atoms with Crippen LogP contribution >= 0.6 is 0 Å². The van der Waals surface area contributed by atoms with Crippen molar-refractivity contribution in [2.24, 2.45) is 0 Å². The molecule has 0 saturated carbocycles. The molecule has 1 amide bonds. The fourth-order valence-electron chi connectivity index (χ4n) is 4.95. The van der Waals surface area contributed by atoms with Crippen molar-refractivity contribution in [3.8, 4) is 11.5 Å². The molecule has 3 aliphatic heterocycles. The van der Waals surface area contributed by atoms with Gasteiger partial charge in [-0.1, -0.05) is 12.1 Å². The van der Waals surface area contributed by atoms with Gasteiger partial charge in [0.1, 0.15) is 23.4 Å². The number of amides is 1. The fourth-order valence-corrected chi connectivity index (χ4v) is 4.95. The molecule has 0 spiro atoms. The molecule has 2 N–H and O–H groups in total. The number of aliphatic hydroxyl groups excluding tert-OH is 1. The topological polar surface area (TPSA) is 99.5 Å². The standard InChI is InChI=1S/C26H28N2O6/c1-16-13-19-14-18(5-6-21(19)34-16)24(30)22-23(17-3-2-4-20(29)15-17)28(26(32)25(22)31)8-7-27-9-11-33-12-10-27/h2-6,14-16,23,29-30H,7-13H2,1H3/b24-22+/t16-,23+/m1/s1. The lowest BCUT2D eigenvalue weighted by Crippen LogP contribution is -2.42. The van der Waals surface area contributed by atoms with Gasteiger partial charge in [0.05, 0.1) is 24.8 Å². The van der Waals surface area contributed by atoms with Crippen LogP contribution in [0.3, 0.4) is 0 Å². The van der Waals surface area contributed by atoms with E-state index in [9.17, 15) is 19.8 Å². The first-order valence-electron chi connectivity index (χ1n) is 11.6. The van der Waals surface area contributed by atoms with Crippen LogP contribution in [0.25, 0.3) is 5.76 Å². The minimum atomic E-state index is -0.795. The lowest BCUT2D eigenvalue weighted by molar-refractivity contribution is -0.140. The van der Waals surface area contributed by atoms with E-state index in [0.29, 0.717) is 43.9 Å². The summed E-state index contributed by atoms with van der Waals surface area (Å²) in [5.74, 6) is -0.804. The molecular weight excluding hydrogens is 436 g/mol. The van der Waals surface area contributed by atoms with Crippen molar-refractivity contribution in [1.82, 2.24) is 9.80 Å². The second-order valence-corrected chi connectivity index (χ2v) is 9.00. The van der Waals surface area contributed by atoms with Gasteiger partial charge in [0, 0.05) is 38.2 Å². The molecule has 8 heteroatoms. The molecule has 2 saturated heterocycles. The minimum Gasteiger partial charge on any atom is -0.508 e. The molecule has 2 aromatic rings. The summed E-state index contributed by atoms with van der Waals surface area (Å²) in [6.45, 7) is 5.66. The predicted octanol–water partition coefficient (Wildman–Crippen LogP) is 2.47. The zero-order valence-corrected chi connectivity index (χ0v) is 19.1. The van der Waals surface area contributed by atoms with E-state index in [1.54, 1.807) is 24.3 Å². The second kappa shape index (κ2) is 9.12. The van der Waals surface area contributed by atoms with Gasteiger partial charge in [0.2, 0.25) is 0 Å². The van der Waals surface area contributed by atoms with Gasteiger partial charge in [-0.3, -0.25) is 14.5 Å². The molecule has 0 radical (unpaired) electrons. The Kier molecular flexibility index (Phi) is 6.02. The highest BCUT2D eigenvalue weighted by molar-refractivity contribution is 6.46. The summed E-state index contributed by atoms with van der Waals surface area (Å²) in [6.07, 6.45) is 0.755. The quantitative estimate of drug-likeness (QED) is 0.398. The Labute approximate surface area is 198 Å². The smallest absolute Gasteiger partial charge is 0.295 e. The number of phenolic OH excluding ortho intramolecular Hbond substituents is 1. The number of nitrogens with zero attached hydrogens (tertiary/aromatic N) is 2. The molecule has 3 heterocycles. The Morgan fingerprint density at radius 3 is 2.65 bits per heavy atom. The van der Waals surface area contributed by atoms with Crippen molar-refractivity contribution < 1.29 is 29.3 Å². The van der Waals surface area contributed by atoms with Gasteiger partial charge in [0.15, 0.2) is 0 Å². The number of rotatable bonds is 5. The molecule has 0 aliphatic carbocycles. The predicted molar refractivity (Wildman–Crippen MR) is 125 cm³/mol. The van der Waals surface area contributed by atoms with Crippen molar-refractivity contribution in [1.29, 1.82) is 0 Å². The summed E-state index contributed by atoms with van der Waals surface area (Å²) in [5.41, 5.74) is 2.02. The number of carbonyl (C=O) groups is 2. The fraction of sp³-hybridized carbons (Fsp3) is 0.385.